The number of hydrogen-bond donors (Lipinski definition) is 1. The summed E-state index contributed by atoms with van der Waals surface area (Å²) in [6.07, 6.45) is 6.49. The molecule has 0 aromatic heterocycles. The monoisotopic (exact) mass is 240 g/mol. The number of thioether (sulfide) groups is 1. The zero-order valence-electron chi connectivity index (χ0n) is 10.8. The van der Waals surface area contributed by atoms with E-state index < -0.39 is 0 Å². The molecule has 0 aromatic rings. The van der Waals surface area contributed by atoms with Crippen molar-refractivity contribution in [3.63, 3.8) is 0 Å². The van der Waals surface area contributed by atoms with Crippen molar-refractivity contribution in [2.75, 3.05) is 5.75 Å². The van der Waals surface area contributed by atoms with Gasteiger partial charge in [0.25, 0.3) is 0 Å². The van der Waals surface area contributed by atoms with Gasteiger partial charge < -0.3 is 5.32 Å². The van der Waals surface area contributed by atoms with E-state index in [0.717, 1.165) is 0 Å². The van der Waals surface area contributed by atoms with Gasteiger partial charge in [0.1, 0.15) is 0 Å². The minimum absolute atomic E-state index is 0.563. The van der Waals surface area contributed by atoms with E-state index >= 15 is 0 Å². The summed E-state index contributed by atoms with van der Waals surface area (Å²) in [5.41, 5.74) is 0.564. The Kier molecular flexibility index (Phi) is 3.83. The highest BCUT2D eigenvalue weighted by molar-refractivity contribution is 8.14. The normalized spacial score (nSPS) is 30.2. The minimum atomic E-state index is 0.563. The lowest BCUT2D eigenvalue weighted by Crippen LogP contribution is -2.37. The summed E-state index contributed by atoms with van der Waals surface area (Å²) in [7, 11) is 0. The van der Waals surface area contributed by atoms with E-state index in [9.17, 15) is 0 Å². The topological polar surface area (TPSA) is 24.4 Å². The van der Waals surface area contributed by atoms with Crippen LogP contribution in [0.3, 0.4) is 0 Å². The number of amidine groups is 1. The smallest absolute Gasteiger partial charge is 0.157 e. The molecule has 0 saturated heterocycles. The molecule has 0 aromatic carbocycles. The fraction of sp³-hybridized carbons (Fsp3) is 0.923. The Morgan fingerprint density at radius 3 is 2.62 bits per heavy atom. The molecule has 92 valence electrons. The molecule has 0 spiro atoms. The van der Waals surface area contributed by atoms with Crippen LogP contribution in [-0.4, -0.2) is 23.0 Å². The highest BCUT2D eigenvalue weighted by Gasteiger charge is 2.28. The predicted octanol–water partition coefficient (Wildman–Crippen LogP) is 3.43. The highest BCUT2D eigenvalue weighted by Crippen LogP contribution is 2.35. The third-order valence-electron chi connectivity index (χ3n) is 3.85. The third-order valence-corrected chi connectivity index (χ3v) is 4.90. The average molecular weight is 240 g/mol. The van der Waals surface area contributed by atoms with E-state index in [0.29, 0.717) is 17.5 Å². The van der Waals surface area contributed by atoms with Crippen LogP contribution in [0.5, 0.6) is 0 Å². The SMILES string of the molecule is CCC1CSC(NC2CCC(C)(C)CC2)=N1. The second-order valence-corrected chi connectivity index (χ2v) is 6.90. The maximum Gasteiger partial charge on any atom is 0.157 e. The van der Waals surface area contributed by atoms with E-state index in [1.807, 2.05) is 11.8 Å². The van der Waals surface area contributed by atoms with Crippen LogP contribution in [-0.2, 0) is 0 Å². The molecule has 3 heteroatoms. The molecule has 1 heterocycles. The van der Waals surface area contributed by atoms with Gasteiger partial charge >= 0.3 is 0 Å². The Labute approximate surface area is 104 Å². The van der Waals surface area contributed by atoms with Gasteiger partial charge in [-0.25, -0.2) is 0 Å². The molecule has 0 radical (unpaired) electrons. The number of nitrogens with zero attached hydrogens (tertiary/aromatic N) is 1. The summed E-state index contributed by atoms with van der Waals surface area (Å²) in [6.45, 7) is 7.00. The lowest BCUT2D eigenvalue weighted by molar-refractivity contribution is 0.217. The van der Waals surface area contributed by atoms with Crippen LogP contribution in [0, 0.1) is 5.41 Å². The molecule has 1 aliphatic heterocycles. The van der Waals surface area contributed by atoms with Gasteiger partial charge in [-0.05, 0) is 37.5 Å². The fourth-order valence-corrected chi connectivity index (χ4v) is 3.56. The van der Waals surface area contributed by atoms with Gasteiger partial charge in [0.2, 0.25) is 0 Å². The van der Waals surface area contributed by atoms with Crippen LogP contribution in [0.1, 0.15) is 52.9 Å². The molecule has 1 aliphatic carbocycles. The quantitative estimate of drug-likeness (QED) is 0.799. The van der Waals surface area contributed by atoms with Crippen molar-refractivity contribution >= 4 is 16.9 Å². The van der Waals surface area contributed by atoms with Crippen molar-refractivity contribution in [3.05, 3.63) is 0 Å². The first kappa shape index (κ1) is 12.3. The van der Waals surface area contributed by atoms with Crippen molar-refractivity contribution in [1.82, 2.24) is 5.32 Å². The zero-order valence-corrected chi connectivity index (χ0v) is 11.6. The van der Waals surface area contributed by atoms with E-state index in [-0.39, 0.29) is 0 Å². The van der Waals surface area contributed by atoms with Gasteiger partial charge in [-0.3, -0.25) is 4.99 Å². The minimum Gasteiger partial charge on any atom is -0.362 e. The third kappa shape index (κ3) is 3.16. The van der Waals surface area contributed by atoms with E-state index in [1.165, 1.54) is 43.0 Å². The molecule has 1 unspecified atom stereocenters. The number of aliphatic imine (C=N–C) groups is 1. The predicted molar refractivity (Wildman–Crippen MR) is 73.1 cm³/mol. The molecule has 1 fully saturated rings. The average Bonchev–Trinajstić information content (AvgIpc) is 2.69. The van der Waals surface area contributed by atoms with Crippen molar-refractivity contribution in [3.8, 4) is 0 Å². The van der Waals surface area contributed by atoms with E-state index in [2.05, 4.69) is 26.1 Å². The van der Waals surface area contributed by atoms with Crippen molar-refractivity contribution < 1.29 is 0 Å². The molecule has 1 N–H and O–H groups in total. The first-order chi connectivity index (χ1) is 7.59. The Morgan fingerprint density at radius 2 is 2.06 bits per heavy atom. The lowest BCUT2D eigenvalue weighted by atomic mass is 9.76. The molecular weight excluding hydrogens is 216 g/mol. The van der Waals surface area contributed by atoms with Gasteiger partial charge in [0.05, 0.1) is 6.04 Å². The first-order valence-corrected chi connectivity index (χ1v) is 7.55. The van der Waals surface area contributed by atoms with Crippen molar-refractivity contribution in [1.29, 1.82) is 0 Å². The van der Waals surface area contributed by atoms with Gasteiger partial charge in [0.15, 0.2) is 5.17 Å². The summed E-state index contributed by atoms with van der Waals surface area (Å²) in [5, 5.41) is 4.84. The van der Waals surface area contributed by atoms with Crippen LogP contribution in [0.4, 0.5) is 0 Å². The second-order valence-electron chi connectivity index (χ2n) is 5.89. The lowest BCUT2D eigenvalue weighted by Gasteiger charge is -2.34. The maximum absolute atomic E-state index is 4.71. The Balaban J connectivity index is 1.79. The number of hydrogen-bond acceptors (Lipinski definition) is 3. The molecule has 2 nitrogen and oxygen atoms in total. The molecule has 0 amide bonds. The molecule has 1 saturated carbocycles. The Morgan fingerprint density at radius 1 is 1.38 bits per heavy atom. The van der Waals surface area contributed by atoms with Gasteiger partial charge in [-0.2, -0.15) is 0 Å². The number of nitrogens with one attached hydrogen (secondary N) is 1. The molecule has 2 rings (SSSR count). The van der Waals surface area contributed by atoms with Crippen LogP contribution in [0.2, 0.25) is 0 Å². The Bertz CT molecular complexity index is 263. The summed E-state index contributed by atoms with van der Waals surface area (Å²) in [5.74, 6) is 1.18. The van der Waals surface area contributed by atoms with Gasteiger partial charge in [-0.15, -0.1) is 0 Å². The van der Waals surface area contributed by atoms with Gasteiger partial charge in [0, 0.05) is 11.8 Å². The van der Waals surface area contributed by atoms with Crippen LogP contribution in [0.15, 0.2) is 4.99 Å². The molecule has 2 aliphatic rings. The molecule has 0 bridgehead atoms. The number of rotatable bonds is 2. The fourth-order valence-electron chi connectivity index (χ4n) is 2.42. The second kappa shape index (κ2) is 4.99. The molecule has 1 atom stereocenters. The van der Waals surface area contributed by atoms with Crippen molar-refractivity contribution in [2.45, 2.75) is 65.0 Å². The summed E-state index contributed by atoms with van der Waals surface area (Å²) in [4.78, 5) is 4.71. The summed E-state index contributed by atoms with van der Waals surface area (Å²) < 4.78 is 0. The van der Waals surface area contributed by atoms with E-state index in [4.69, 9.17) is 4.99 Å². The zero-order chi connectivity index (χ0) is 11.6. The summed E-state index contributed by atoms with van der Waals surface area (Å²) in [6, 6.07) is 1.24. The molecule has 16 heavy (non-hydrogen) atoms. The summed E-state index contributed by atoms with van der Waals surface area (Å²) >= 11 is 1.91. The van der Waals surface area contributed by atoms with Crippen LogP contribution in [0.25, 0.3) is 0 Å². The van der Waals surface area contributed by atoms with Crippen LogP contribution < -0.4 is 5.32 Å². The first-order valence-electron chi connectivity index (χ1n) is 6.56. The molecular formula is C13H24N2S. The largest absolute Gasteiger partial charge is 0.362 e. The van der Waals surface area contributed by atoms with Gasteiger partial charge in [-0.1, -0.05) is 32.5 Å². The standard InChI is InChI=1S/C13H24N2S/c1-4-10-9-16-12(14-10)15-11-5-7-13(2,3)8-6-11/h10-11H,4-9H2,1-3H3,(H,14,15). The van der Waals surface area contributed by atoms with Crippen molar-refractivity contribution in [2.24, 2.45) is 10.4 Å². The van der Waals surface area contributed by atoms with Crippen LogP contribution >= 0.6 is 11.8 Å². The highest BCUT2D eigenvalue weighted by atomic mass is 32.2. The van der Waals surface area contributed by atoms with E-state index in [1.54, 1.807) is 0 Å². The Hall–Kier alpha value is -0.180. The maximum atomic E-state index is 4.71.